The standard InChI is InChI=1S/C13H14N2OS/c14-8-10-2-1-3-12(6-10)15-13(16)7-11-4-5-17-9-11/h1-6,9H,7-8,14H2,(H,15,16). The Bertz CT molecular complexity index is 494. The molecule has 88 valence electrons. The number of benzene rings is 1. The molecular weight excluding hydrogens is 232 g/mol. The maximum atomic E-state index is 11.7. The molecule has 3 N–H and O–H groups in total. The second kappa shape index (κ2) is 5.61. The van der Waals surface area contributed by atoms with Crippen LogP contribution >= 0.6 is 11.3 Å². The van der Waals surface area contributed by atoms with Crippen molar-refractivity contribution in [2.75, 3.05) is 5.32 Å². The van der Waals surface area contributed by atoms with Gasteiger partial charge in [0.1, 0.15) is 0 Å². The van der Waals surface area contributed by atoms with E-state index >= 15 is 0 Å². The van der Waals surface area contributed by atoms with Gasteiger partial charge in [0.05, 0.1) is 6.42 Å². The summed E-state index contributed by atoms with van der Waals surface area (Å²) in [6, 6.07) is 9.55. The zero-order valence-corrected chi connectivity index (χ0v) is 10.2. The van der Waals surface area contributed by atoms with Crippen molar-refractivity contribution in [1.82, 2.24) is 0 Å². The molecule has 0 unspecified atom stereocenters. The topological polar surface area (TPSA) is 55.1 Å². The number of anilines is 1. The van der Waals surface area contributed by atoms with E-state index in [0.717, 1.165) is 16.8 Å². The largest absolute Gasteiger partial charge is 0.326 e. The molecule has 0 atom stereocenters. The van der Waals surface area contributed by atoms with Gasteiger partial charge in [-0.3, -0.25) is 4.79 Å². The first-order valence-corrected chi connectivity index (χ1v) is 6.32. The highest BCUT2D eigenvalue weighted by Crippen LogP contribution is 2.12. The highest BCUT2D eigenvalue weighted by atomic mass is 32.1. The lowest BCUT2D eigenvalue weighted by molar-refractivity contribution is -0.115. The van der Waals surface area contributed by atoms with Crippen molar-refractivity contribution in [2.45, 2.75) is 13.0 Å². The molecule has 1 aromatic carbocycles. The minimum Gasteiger partial charge on any atom is -0.326 e. The fourth-order valence-electron chi connectivity index (χ4n) is 1.56. The van der Waals surface area contributed by atoms with Gasteiger partial charge in [-0.15, -0.1) is 0 Å². The Hall–Kier alpha value is -1.65. The minimum atomic E-state index is -0.00225. The van der Waals surface area contributed by atoms with Crippen LogP contribution in [0.3, 0.4) is 0 Å². The summed E-state index contributed by atoms with van der Waals surface area (Å²) < 4.78 is 0. The van der Waals surface area contributed by atoms with Gasteiger partial charge in [0, 0.05) is 12.2 Å². The van der Waals surface area contributed by atoms with Crippen LogP contribution in [0.15, 0.2) is 41.1 Å². The van der Waals surface area contributed by atoms with Crippen LogP contribution in [-0.2, 0) is 17.8 Å². The molecule has 1 heterocycles. The summed E-state index contributed by atoms with van der Waals surface area (Å²) in [6.07, 6.45) is 0.413. The summed E-state index contributed by atoms with van der Waals surface area (Å²) in [7, 11) is 0. The molecular formula is C13H14N2OS. The molecule has 0 radical (unpaired) electrons. The van der Waals surface area contributed by atoms with E-state index < -0.39 is 0 Å². The summed E-state index contributed by atoms with van der Waals surface area (Å²) in [5.41, 5.74) is 8.40. The molecule has 0 aliphatic rings. The Labute approximate surface area is 104 Å². The van der Waals surface area contributed by atoms with E-state index in [9.17, 15) is 4.79 Å². The highest BCUT2D eigenvalue weighted by Gasteiger charge is 2.04. The monoisotopic (exact) mass is 246 g/mol. The summed E-state index contributed by atoms with van der Waals surface area (Å²) in [6.45, 7) is 0.480. The second-order valence-corrected chi connectivity index (χ2v) is 4.54. The van der Waals surface area contributed by atoms with Crippen molar-refractivity contribution >= 4 is 22.9 Å². The van der Waals surface area contributed by atoms with Crippen LogP contribution in [0.2, 0.25) is 0 Å². The Morgan fingerprint density at radius 3 is 2.88 bits per heavy atom. The maximum absolute atomic E-state index is 11.7. The fourth-order valence-corrected chi connectivity index (χ4v) is 2.23. The number of carbonyl (C=O) groups is 1. The van der Waals surface area contributed by atoms with Crippen LogP contribution in [0, 0.1) is 0 Å². The van der Waals surface area contributed by atoms with E-state index in [0.29, 0.717) is 13.0 Å². The van der Waals surface area contributed by atoms with Gasteiger partial charge < -0.3 is 11.1 Å². The molecule has 0 aliphatic carbocycles. The fraction of sp³-hybridized carbons (Fsp3) is 0.154. The number of hydrogen-bond donors (Lipinski definition) is 2. The molecule has 0 spiro atoms. The van der Waals surface area contributed by atoms with Crippen molar-refractivity contribution in [3.8, 4) is 0 Å². The van der Waals surface area contributed by atoms with Crippen molar-refractivity contribution in [3.05, 3.63) is 52.2 Å². The summed E-state index contributed by atoms with van der Waals surface area (Å²) in [5, 5.41) is 6.82. The Morgan fingerprint density at radius 1 is 1.29 bits per heavy atom. The molecule has 0 saturated heterocycles. The van der Waals surface area contributed by atoms with Gasteiger partial charge in [0.2, 0.25) is 5.91 Å². The van der Waals surface area contributed by atoms with E-state index in [-0.39, 0.29) is 5.91 Å². The first-order chi connectivity index (χ1) is 8.28. The number of amides is 1. The van der Waals surface area contributed by atoms with Gasteiger partial charge >= 0.3 is 0 Å². The van der Waals surface area contributed by atoms with Gasteiger partial charge in [-0.1, -0.05) is 12.1 Å². The lowest BCUT2D eigenvalue weighted by Gasteiger charge is -2.05. The molecule has 2 rings (SSSR count). The van der Waals surface area contributed by atoms with Gasteiger partial charge in [-0.05, 0) is 40.1 Å². The zero-order valence-electron chi connectivity index (χ0n) is 9.35. The predicted molar refractivity (Wildman–Crippen MR) is 71.0 cm³/mol. The van der Waals surface area contributed by atoms with E-state index in [1.54, 1.807) is 11.3 Å². The number of nitrogens with one attached hydrogen (secondary N) is 1. The Kier molecular flexibility index (Phi) is 3.90. The van der Waals surface area contributed by atoms with Crippen molar-refractivity contribution in [3.63, 3.8) is 0 Å². The SMILES string of the molecule is NCc1cccc(NC(=O)Cc2ccsc2)c1. The lowest BCUT2D eigenvalue weighted by atomic mass is 10.2. The molecule has 4 heteroatoms. The average molecular weight is 246 g/mol. The normalized spacial score (nSPS) is 10.2. The molecule has 1 amide bonds. The molecule has 3 nitrogen and oxygen atoms in total. The summed E-state index contributed by atoms with van der Waals surface area (Å²) in [4.78, 5) is 11.7. The van der Waals surface area contributed by atoms with E-state index in [2.05, 4.69) is 5.32 Å². The van der Waals surface area contributed by atoms with Gasteiger partial charge in [-0.25, -0.2) is 0 Å². The van der Waals surface area contributed by atoms with Crippen molar-refractivity contribution < 1.29 is 4.79 Å². The van der Waals surface area contributed by atoms with Crippen LogP contribution in [0.25, 0.3) is 0 Å². The van der Waals surface area contributed by atoms with Gasteiger partial charge in [0.15, 0.2) is 0 Å². The number of rotatable bonds is 4. The molecule has 0 aliphatic heterocycles. The first kappa shape index (κ1) is 11.8. The van der Waals surface area contributed by atoms with Crippen molar-refractivity contribution in [1.29, 1.82) is 0 Å². The first-order valence-electron chi connectivity index (χ1n) is 5.38. The number of carbonyl (C=O) groups excluding carboxylic acids is 1. The number of thiophene rings is 1. The second-order valence-electron chi connectivity index (χ2n) is 3.76. The lowest BCUT2D eigenvalue weighted by Crippen LogP contribution is -2.14. The molecule has 17 heavy (non-hydrogen) atoms. The van der Waals surface area contributed by atoms with Gasteiger partial charge in [0.25, 0.3) is 0 Å². The van der Waals surface area contributed by atoms with E-state index in [4.69, 9.17) is 5.73 Å². The quantitative estimate of drug-likeness (QED) is 0.870. The average Bonchev–Trinajstić information content (AvgIpc) is 2.82. The molecule has 1 aromatic heterocycles. The molecule has 0 fully saturated rings. The minimum absolute atomic E-state index is 0.00225. The third-order valence-electron chi connectivity index (χ3n) is 2.39. The Morgan fingerprint density at radius 2 is 2.18 bits per heavy atom. The highest BCUT2D eigenvalue weighted by molar-refractivity contribution is 7.08. The van der Waals surface area contributed by atoms with E-state index in [1.807, 2.05) is 41.1 Å². The van der Waals surface area contributed by atoms with Crippen LogP contribution in [0.4, 0.5) is 5.69 Å². The predicted octanol–water partition coefficient (Wildman–Crippen LogP) is 2.39. The van der Waals surface area contributed by atoms with Gasteiger partial charge in [-0.2, -0.15) is 11.3 Å². The van der Waals surface area contributed by atoms with Crippen LogP contribution < -0.4 is 11.1 Å². The van der Waals surface area contributed by atoms with Crippen LogP contribution in [0.1, 0.15) is 11.1 Å². The van der Waals surface area contributed by atoms with Crippen molar-refractivity contribution in [2.24, 2.45) is 5.73 Å². The molecule has 0 saturated carbocycles. The van der Waals surface area contributed by atoms with Crippen LogP contribution in [-0.4, -0.2) is 5.91 Å². The zero-order chi connectivity index (χ0) is 12.1. The van der Waals surface area contributed by atoms with Crippen LogP contribution in [0.5, 0.6) is 0 Å². The number of hydrogen-bond acceptors (Lipinski definition) is 3. The molecule has 2 aromatic rings. The number of nitrogens with two attached hydrogens (primary N) is 1. The summed E-state index contributed by atoms with van der Waals surface area (Å²) >= 11 is 1.60. The third kappa shape index (κ3) is 3.41. The van der Waals surface area contributed by atoms with E-state index in [1.165, 1.54) is 0 Å². The third-order valence-corrected chi connectivity index (χ3v) is 3.12. The summed E-state index contributed by atoms with van der Waals surface area (Å²) in [5.74, 6) is -0.00225. The Balaban J connectivity index is 1.98. The molecule has 0 bridgehead atoms. The maximum Gasteiger partial charge on any atom is 0.228 e. The smallest absolute Gasteiger partial charge is 0.228 e.